The van der Waals surface area contributed by atoms with Gasteiger partial charge in [0.05, 0.1) is 0 Å². The van der Waals surface area contributed by atoms with E-state index in [9.17, 15) is 5.11 Å². The fraction of sp³-hybridized carbons (Fsp3) is 0.500. The first-order valence-corrected chi connectivity index (χ1v) is 6.88. The monoisotopic (exact) mass is 280 g/mol. The lowest BCUT2D eigenvalue weighted by molar-refractivity contribution is 0.0742. The summed E-state index contributed by atoms with van der Waals surface area (Å²) in [5.74, 6) is 0.716. The zero-order valence-electron chi connectivity index (χ0n) is 11.1. The van der Waals surface area contributed by atoms with Gasteiger partial charge in [0.1, 0.15) is 23.4 Å². The summed E-state index contributed by atoms with van der Waals surface area (Å²) in [6.07, 6.45) is 2.01. The molecule has 0 radical (unpaired) electrons. The molecule has 0 amide bonds. The Hall–Kier alpha value is -1.17. The molecular formula is C14H20N2O2S. The van der Waals surface area contributed by atoms with Crippen molar-refractivity contribution in [2.75, 3.05) is 20.2 Å². The van der Waals surface area contributed by atoms with Gasteiger partial charge in [0.25, 0.3) is 0 Å². The number of hydrogen-bond donors (Lipinski definition) is 2. The number of hydrogen-bond acceptors (Lipinski definition) is 4. The summed E-state index contributed by atoms with van der Waals surface area (Å²) in [6, 6.07) is 7.91. The molecule has 2 rings (SSSR count). The van der Waals surface area contributed by atoms with Crippen molar-refractivity contribution in [1.82, 2.24) is 4.90 Å². The second-order valence-electron chi connectivity index (χ2n) is 5.02. The molecule has 1 aliphatic rings. The Morgan fingerprint density at radius 2 is 2.11 bits per heavy atom. The minimum atomic E-state index is -0.471. The van der Waals surface area contributed by atoms with E-state index in [0.717, 1.165) is 5.56 Å². The largest absolute Gasteiger partial charge is 0.491 e. The van der Waals surface area contributed by atoms with Gasteiger partial charge in [0, 0.05) is 18.2 Å². The van der Waals surface area contributed by atoms with Crippen LogP contribution in [0.5, 0.6) is 5.75 Å². The molecular weight excluding hydrogens is 260 g/mol. The molecule has 0 saturated heterocycles. The Morgan fingerprint density at radius 3 is 2.63 bits per heavy atom. The zero-order chi connectivity index (χ0) is 13.8. The standard InChI is InChI=1S/C14H20N2O2S/c1-16(11-4-5-11)8-12(17)9-18-13-6-2-10(3-7-13)14(15)19/h2-3,6-7,11-12,17H,4-5,8-9H2,1H3,(H2,15,19). The van der Waals surface area contributed by atoms with Crippen molar-refractivity contribution in [2.45, 2.75) is 25.0 Å². The van der Waals surface area contributed by atoms with Gasteiger partial charge in [-0.05, 0) is 44.2 Å². The van der Waals surface area contributed by atoms with Gasteiger partial charge in [-0.3, -0.25) is 0 Å². The normalized spacial score (nSPS) is 16.4. The number of nitrogens with two attached hydrogens (primary N) is 1. The molecule has 0 bridgehead atoms. The van der Waals surface area contributed by atoms with E-state index in [1.165, 1.54) is 12.8 Å². The van der Waals surface area contributed by atoms with Crippen molar-refractivity contribution in [1.29, 1.82) is 0 Å². The highest BCUT2D eigenvalue weighted by Crippen LogP contribution is 2.25. The van der Waals surface area contributed by atoms with Crippen LogP contribution in [0.1, 0.15) is 18.4 Å². The van der Waals surface area contributed by atoms with Crippen molar-refractivity contribution in [3.05, 3.63) is 29.8 Å². The van der Waals surface area contributed by atoms with Crippen LogP contribution in [-0.2, 0) is 0 Å². The number of nitrogens with zero attached hydrogens (tertiary/aromatic N) is 1. The summed E-state index contributed by atoms with van der Waals surface area (Å²) < 4.78 is 5.54. The first kappa shape index (κ1) is 14.2. The van der Waals surface area contributed by atoms with Gasteiger partial charge in [-0.25, -0.2) is 0 Å². The van der Waals surface area contributed by atoms with Crippen LogP contribution in [0, 0.1) is 0 Å². The summed E-state index contributed by atoms with van der Waals surface area (Å²) in [7, 11) is 2.04. The van der Waals surface area contributed by atoms with Crippen LogP contribution in [0.25, 0.3) is 0 Å². The van der Waals surface area contributed by atoms with Crippen LogP contribution in [0.2, 0.25) is 0 Å². The van der Waals surface area contributed by atoms with Gasteiger partial charge >= 0.3 is 0 Å². The fourth-order valence-corrected chi connectivity index (χ4v) is 2.09. The predicted molar refractivity (Wildman–Crippen MR) is 79.5 cm³/mol. The molecule has 0 heterocycles. The Morgan fingerprint density at radius 1 is 1.47 bits per heavy atom. The Bertz CT molecular complexity index is 432. The number of aliphatic hydroxyl groups excluding tert-OH is 1. The Kier molecular flexibility index (Phi) is 4.74. The lowest BCUT2D eigenvalue weighted by Crippen LogP contribution is -2.34. The molecule has 1 saturated carbocycles. The van der Waals surface area contributed by atoms with Crippen LogP contribution in [0.4, 0.5) is 0 Å². The number of benzene rings is 1. The first-order chi connectivity index (χ1) is 9.06. The maximum absolute atomic E-state index is 9.89. The highest BCUT2D eigenvalue weighted by Gasteiger charge is 2.27. The number of rotatable bonds is 7. The van der Waals surface area contributed by atoms with Crippen LogP contribution in [-0.4, -0.2) is 47.3 Å². The molecule has 1 aromatic rings. The average molecular weight is 280 g/mol. The minimum Gasteiger partial charge on any atom is -0.491 e. The van der Waals surface area contributed by atoms with Gasteiger partial charge in [0.2, 0.25) is 0 Å². The molecule has 3 N–H and O–H groups in total. The summed E-state index contributed by atoms with van der Waals surface area (Å²) in [6.45, 7) is 0.944. The first-order valence-electron chi connectivity index (χ1n) is 6.47. The van der Waals surface area contributed by atoms with Gasteiger partial charge < -0.3 is 20.5 Å². The highest BCUT2D eigenvalue weighted by atomic mass is 32.1. The molecule has 1 aromatic carbocycles. The second-order valence-corrected chi connectivity index (χ2v) is 5.46. The van der Waals surface area contributed by atoms with E-state index in [1.54, 1.807) is 0 Å². The van der Waals surface area contributed by atoms with E-state index in [-0.39, 0.29) is 0 Å². The topological polar surface area (TPSA) is 58.7 Å². The van der Waals surface area contributed by atoms with Crippen LogP contribution >= 0.6 is 12.2 Å². The average Bonchev–Trinajstić information content (AvgIpc) is 3.21. The summed E-state index contributed by atoms with van der Waals surface area (Å²) >= 11 is 4.88. The van der Waals surface area contributed by atoms with Crippen molar-refractivity contribution < 1.29 is 9.84 Å². The quantitative estimate of drug-likeness (QED) is 0.734. The molecule has 1 aliphatic carbocycles. The molecule has 0 aliphatic heterocycles. The van der Waals surface area contributed by atoms with Crippen LogP contribution in [0.3, 0.4) is 0 Å². The van der Waals surface area contributed by atoms with Crippen LogP contribution in [0.15, 0.2) is 24.3 Å². The molecule has 1 fully saturated rings. The van der Waals surface area contributed by atoms with Gasteiger partial charge in [-0.2, -0.15) is 0 Å². The molecule has 19 heavy (non-hydrogen) atoms. The zero-order valence-corrected chi connectivity index (χ0v) is 11.9. The van der Waals surface area contributed by atoms with Gasteiger partial charge in [0.15, 0.2) is 0 Å². The number of thiocarbonyl (C=S) groups is 1. The van der Waals surface area contributed by atoms with Crippen molar-refractivity contribution in [3.8, 4) is 5.75 Å². The maximum Gasteiger partial charge on any atom is 0.119 e. The summed E-state index contributed by atoms with van der Waals surface area (Å²) in [5, 5.41) is 9.89. The van der Waals surface area contributed by atoms with E-state index < -0.39 is 6.10 Å². The molecule has 4 nitrogen and oxygen atoms in total. The van der Waals surface area contributed by atoms with Crippen molar-refractivity contribution >= 4 is 17.2 Å². The highest BCUT2D eigenvalue weighted by molar-refractivity contribution is 7.80. The minimum absolute atomic E-state index is 0.295. The molecule has 1 atom stereocenters. The molecule has 0 aromatic heterocycles. The molecule has 1 unspecified atom stereocenters. The Balaban J connectivity index is 1.76. The third kappa shape index (κ3) is 4.45. The molecule has 5 heteroatoms. The van der Waals surface area contributed by atoms with Crippen molar-refractivity contribution in [2.24, 2.45) is 5.73 Å². The third-order valence-electron chi connectivity index (χ3n) is 3.25. The van der Waals surface area contributed by atoms with Gasteiger partial charge in [-0.15, -0.1) is 0 Å². The lowest BCUT2D eigenvalue weighted by atomic mass is 10.2. The number of likely N-dealkylation sites (N-methyl/N-ethyl adjacent to an activating group) is 1. The van der Waals surface area contributed by atoms with E-state index in [4.69, 9.17) is 22.7 Å². The van der Waals surface area contributed by atoms with E-state index in [0.29, 0.717) is 29.9 Å². The SMILES string of the molecule is CN(CC(O)COc1ccc(C(N)=S)cc1)C1CC1. The summed E-state index contributed by atoms with van der Waals surface area (Å²) in [4.78, 5) is 2.56. The second kappa shape index (κ2) is 6.32. The molecule has 104 valence electrons. The van der Waals surface area contributed by atoms with E-state index in [1.807, 2.05) is 31.3 Å². The predicted octanol–water partition coefficient (Wildman–Crippen LogP) is 1.15. The maximum atomic E-state index is 9.89. The van der Waals surface area contributed by atoms with Gasteiger partial charge in [-0.1, -0.05) is 12.2 Å². The third-order valence-corrected chi connectivity index (χ3v) is 3.49. The van der Waals surface area contributed by atoms with E-state index in [2.05, 4.69) is 4.90 Å². The summed E-state index contributed by atoms with van der Waals surface area (Å²) in [5.41, 5.74) is 6.34. The number of ether oxygens (including phenoxy) is 1. The number of aliphatic hydroxyl groups is 1. The lowest BCUT2D eigenvalue weighted by Gasteiger charge is -2.20. The van der Waals surface area contributed by atoms with E-state index >= 15 is 0 Å². The smallest absolute Gasteiger partial charge is 0.119 e. The molecule has 0 spiro atoms. The van der Waals surface area contributed by atoms with Crippen molar-refractivity contribution in [3.63, 3.8) is 0 Å². The van der Waals surface area contributed by atoms with Crippen LogP contribution < -0.4 is 10.5 Å². The Labute approximate surface area is 119 Å². The fourth-order valence-electron chi connectivity index (χ4n) is 1.96.